The van der Waals surface area contributed by atoms with E-state index >= 15 is 0 Å². The topological polar surface area (TPSA) is 117 Å². The highest BCUT2D eigenvalue weighted by molar-refractivity contribution is 7.12. The molecule has 4 heterocycles. The number of nitrogens with zero attached hydrogens (tertiary/aromatic N) is 2. The van der Waals surface area contributed by atoms with Gasteiger partial charge in [-0.2, -0.15) is 0 Å². The van der Waals surface area contributed by atoms with Crippen molar-refractivity contribution in [2.75, 3.05) is 0 Å². The number of aromatic nitrogens is 1. The highest BCUT2D eigenvalue weighted by Gasteiger charge is 2.52. The quantitative estimate of drug-likeness (QED) is 0.363. The molecule has 2 aromatic rings. The van der Waals surface area contributed by atoms with E-state index in [0.29, 0.717) is 17.7 Å². The number of fused-ring (bicyclic) bond motifs is 1. The fourth-order valence-electron chi connectivity index (χ4n) is 5.92. The van der Waals surface area contributed by atoms with Gasteiger partial charge in [-0.3, -0.25) is 14.4 Å². The Balaban J connectivity index is 1.65. The third kappa shape index (κ3) is 7.16. The van der Waals surface area contributed by atoms with Gasteiger partial charge in [-0.1, -0.05) is 40.2 Å². The first kappa shape index (κ1) is 31.5. The maximum absolute atomic E-state index is 13.4. The van der Waals surface area contributed by atoms with Crippen molar-refractivity contribution in [1.82, 2.24) is 9.88 Å². The molecule has 0 bridgehead atoms. The third-order valence-electron chi connectivity index (χ3n) is 8.78. The second-order valence-corrected chi connectivity index (χ2v) is 14.2. The Morgan fingerprint density at radius 2 is 1.90 bits per heavy atom. The molecule has 0 saturated carbocycles. The minimum absolute atomic E-state index is 0.0130. The average Bonchev–Trinajstić information content (AvgIpc) is 3.25. The lowest BCUT2D eigenvalue weighted by Gasteiger charge is -2.34. The summed E-state index contributed by atoms with van der Waals surface area (Å²) in [6.45, 7) is 10.7. The molecule has 2 saturated heterocycles. The second kappa shape index (κ2) is 12.9. The number of Topliss-reactive ketones (excluding diaryl/α,β-unsaturated/α-hetero) is 1. The van der Waals surface area contributed by atoms with Gasteiger partial charge in [0.1, 0.15) is 11.9 Å². The second-order valence-electron chi connectivity index (χ2n) is 12.2. The van der Waals surface area contributed by atoms with Crippen molar-refractivity contribution in [1.29, 1.82) is 0 Å². The van der Waals surface area contributed by atoms with Crippen LogP contribution in [0, 0.1) is 24.2 Å². The van der Waals surface area contributed by atoms with Gasteiger partial charge in [-0.25, -0.2) is 4.98 Å². The molecule has 2 N–H and O–H groups in total. The van der Waals surface area contributed by atoms with Crippen LogP contribution in [0.25, 0.3) is 6.08 Å². The molecular weight excluding hydrogens is 560 g/mol. The van der Waals surface area contributed by atoms with Crippen LogP contribution in [0.3, 0.4) is 0 Å². The number of rotatable bonds is 3. The van der Waals surface area contributed by atoms with Crippen LogP contribution in [-0.2, 0) is 14.3 Å². The molecule has 0 spiro atoms. The molecule has 0 aromatic carbocycles. The molecule has 7 atom stereocenters. The number of aliphatic hydroxyl groups excluding tert-OH is 2. The number of amides is 1. The van der Waals surface area contributed by atoms with Crippen LogP contribution in [0.1, 0.15) is 87.1 Å². The molecule has 2 fully saturated rings. The van der Waals surface area contributed by atoms with Gasteiger partial charge in [0.25, 0.3) is 5.91 Å². The zero-order valence-corrected chi connectivity index (χ0v) is 26.3. The molecule has 8 nitrogen and oxygen atoms in total. The Morgan fingerprint density at radius 1 is 1.17 bits per heavy atom. The maximum atomic E-state index is 13.4. The van der Waals surface area contributed by atoms with Crippen LogP contribution >= 0.6 is 22.7 Å². The first-order valence-electron chi connectivity index (χ1n) is 14.4. The summed E-state index contributed by atoms with van der Waals surface area (Å²) >= 11 is 2.94. The van der Waals surface area contributed by atoms with E-state index in [1.807, 2.05) is 54.6 Å². The maximum Gasteiger partial charge on any atom is 0.309 e. The van der Waals surface area contributed by atoms with E-state index in [0.717, 1.165) is 29.1 Å². The highest BCUT2D eigenvalue weighted by atomic mass is 32.1. The van der Waals surface area contributed by atoms with Gasteiger partial charge in [0.2, 0.25) is 0 Å². The van der Waals surface area contributed by atoms with E-state index in [9.17, 15) is 24.6 Å². The SMILES string of the molecule is C/C(=C\c1csc(C)n1)C1CC2C(CCCC(C)C(O)C(C)C(=O)C(C)(C)C(O)CC(=O)O1)N2C(=O)c1cccs1. The summed E-state index contributed by atoms with van der Waals surface area (Å²) in [5.74, 6) is -1.78. The monoisotopic (exact) mass is 602 g/mol. The number of thiazole rings is 1. The lowest BCUT2D eigenvalue weighted by Crippen LogP contribution is -2.45. The Labute approximate surface area is 250 Å². The lowest BCUT2D eigenvalue weighted by atomic mass is 9.73. The van der Waals surface area contributed by atoms with Crippen molar-refractivity contribution in [2.24, 2.45) is 17.3 Å². The zero-order valence-electron chi connectivity index (χ0n) is 24.7. The highest BCUT2D eigenvalue weighted by Crippen LogP contribution is 2.41. The van der Waals surface area contributed by atoms with Crippen LogP contribution in [0.5, 0.6) is 0 Å². The summed E-state index contributed by atoms with van der Waals surface area (Å²) in [7, 11) is 0. The van der Waals surface area contributed by atoms with Crippen molar-refractivity contribution in [3.63, 3.8) is 0 Å². The first-order valence-corrected chi connectivity index (χ1v) is 16.1. The Kier molecular flexibility index (Phi) is 9.89. The average molecular weight is 603 g/mol. The van der Waals surface area contributed by atoms with Crippen LogP contribution < -0.4 is 0 Å². The Morgan fingerprint density at radius 3 is 2.54 bits per heavy atom. The lowest BCUT2D eigenvalue weighted by molar-refractivity contribution is -0.154. The van der Waals surface area contributed by atoms with Gasteiger partial charge in [-0.05, 0) is 55.7 Å². The van der Waals surface area contributed by atoms with E-state index in [1.54, 1.807) is 20.8 Å². The summed E-state index contributed by atoms with van der Waals surface area (Å²) in [6.07, 6.45) is 1.41. The van der Waals surface area contributed by atoms with Crippen LogP contribution in [0.4, 0.5) is 0 Å². The number of ether oxygens (including phenoxy) is 1. The molecule has 224 valence electrons. The summed E-state index contributed by atoms with van der Waals surface area (Å²) in [5.41, 5.74) is 0.328. The fraction of sp³-hybridized carbons (Fsp3) is 0.613. The number of hydrogen-bond donors (Lipinski definition) is 2. The van der Waals surface area contributed by atoms with Gasteiger partial charge in [0, 0.05) is 17.7 Å². The van der Waals surface area contributed by atoms with Gasteiger partial charge < -0.3 is 19.8 Å². The summed E-state index contributed by atoms with van der Waals surface area (Å²) < 4.78 is 5.98. The fourth-order valence-corrected chi connectivity index (χ4v) is 7.16. The van der Waals surface area contributed by atoms with Gasteiger partial charge in [0.05, 0.1) is 51.7 Å². The molecular formula is C31H42N2O6S2. The van der Waals surface area contributed by atoms with Gasteiger partial charge in [0.15, 0.2) is 0 Å². The molecule has 1 amide bonds. The predicted molar refractivity (Wildman–Crippen MR) is 161 cm³/mol. The number of aliphatic hydroxyl groups is 2. The van der Waals surface area contributed by atoms with E-state index in [4.69, 9.17) is 4.74 Å². The van der Waals surface area contributed by atoms with E-state index in [-0.39, 0.29) is 36.1 Å². The number of cyclic esters (lactones) is 1. The van der Waals surface area contributed by atoms with Crippen LogP contribution in [0.15, 0.2) is 28.5 Å². The zero-order chi connectivity index (χ0) is 30.1. The molecule has 7 unspecified atom stereocenters. The van der Waals surface area contributed by atoms with E-state index < -0.39 is 35.6 Å². The van der Waals surface area contributed by atoms with Gasteiger partial charge in [-0.15, -0.1) is 22.7 Å². The molecule has 41 heavy (non-hydrogen) atoms. The first-order chi connectivity index (χ1) is 19.3. The summed E-state index contributed by atoms with van der Waals surface area (Å²) in [6, 6.07) is 3.56. The van der Waals surface area contributed by atoms with Crippen LogP contribution in [-0.4, -0.2) is 68.2 Å². The molecule has 10 heteroatoms. The van der Waals surface area contributed by atoms with Crippen molar-refractivity contribution in [2.45, 2.75) is 104 Å². The number of carbonyl (C=O) groups is 3. The van der Waals surface area contributed by atoms with E-state index in [1.165, 1.54) is 22.7 Å². The largest absolute Gasteiger partial charge is 0.458 e. The summed E-state index contributed by atoms with van der Waals surface area (Å²) in [4.78, 5) is 47.1. The number of carbonyl (C=O) groups excluding carboxylic acids is 3. The number of aryl methyl sites for hydroxylation is 1. The van der Waals surface area contributed by atoms with E-state index in [2.05, 4.69) is 4.98 Å². The third-order valence-corrected chi connectivity index (χ3v) is 10.4. The molecule has 2 aromatic heterocycles. The molecule has 0 aliphatic carbocycles. The molecule has 2 aliphatic rings. The van der Waals surface area contributed by atoms with Crippen LogP contribution in [0.2, 0.25) is 0 Å². The molecule has 0 radical (unpaired) electrons. The number of esters is 1. The predicted octanol–water partition coefficient (Wildman–Crippen LogP) is 5.27. The van der Waals surface area contributed by atoms with Crippen molar-refractivity contribution in [3.05, 3.63) is 44.0 Å². The number of ketones is 1. The van der Waals surface area contributed by atoms with Crippen molar-refractivity contribution in [3.8, 4) is 0 Å². The standard InChI is InChI=1S/C31H42N2O6S2/c1-17-9-7-10-22-23(33(22)30(38)25-11-8-12-40-25)14-24(18(2)13-21-16-41-20(4)32-21)39-27(35)15-26(34)31(5,6)29(37)19(3)28(17)36/h8,11-13,16-17,19,22-24,26,28,34,36H,7,9-10,14-15H2,1-6H3/b18-13+. The minimum atomic E-state index is -1.28. The molecule has 4 rings (SSSR count). The Hall–Kier alpha value is -2.40. The number of hydrogen-bond acceptors (Lipinski definition) is 9. The Bertz CT molecular complexity index is 1270. The summed E-state index contributed by atoms with van der Waals surface area (Å²) in [5, 5.41) is 26.8. The normalized spacial score (nSPS) is 31.9. The molecule has 2 aliphatic heterocycles. The smallest absolute Gasteiger partial charge is 0.309 e. The van der Waals surface area contributed by atoms with Crippen molar-refractivity contribution >= 4 is 46.4 Å². The number of thiophene rings is 1. The minimum Gasteiger partial charge on any atom is -0.458 e. The van der Waals surface area contributed by atoms with Gasteiger partial charge >= 0.3 is 5.97 Å². The van der Waals surface area contributed by atoms with Crippen molar-refractivity contribution < 1.29 is 29.3 Å².